The zero-order chi connectivity index (χ0) is 18.3. The molecule has 0 bridgehead atoms. The molecule has 0 fully saturated rings. The monoisotopic (exact) mass is 391 g/mol. The molecule has 5 heteroatoms. The maximum absolute atomic E-state index is 6.11. The molecule has 2 aromatic heterocycles. The molecule has 3 heterocycles. The lowest BCUT2D eigenvalue weighted by molar-refractivity contribution is 0.368. The maximum Gasteiger partial charge on any atom is 0.154 e. The Morgan fingerprint density at radius 3 is 2.78 bits per heavy atom. The zero-order valence-corrected chi connectivity index (χ0v) is 16.7. The second kappa shape index (κ2) is 6.80. The number of hydrogen-bond acceptors (Lipinski definition) is 5. The molecule has 3 aromatic rings. The first kappa shape index (κ1) is 17.0. The molecule has 3 nitrogen and oxygen atoms in total. The van der Waals surface area contributed by atoms with Crippen LogP contribution in [0.25, 0.3) is 21.7 Å². The van der Waals surface area contributed by atoms with E-state index in [0.29, 0.717) is 0 Å². The summed E-state index contributed by atoms with van der Waals surface area (Å²) in [7, 11) is 0. The number of thioether (sulfide) groups is 1. The van der Waals surface area contributed by atoms with E-state index in [2.05, 4.69) is 41.4 Å². The Balaban J connectivity index is 1.57. The second-order valence-electron chi connectivity index (χ2n) is 7.18. The molecule has 2 aliphatic rings. The largest absolute Gasteiger partial charge is 0.379 e. The van der Waals surface area contributed by atoms with Crippen molar-refractivity contribution in [3.8, 4) is 21.7 Å². The summed E-state index contributed by atoms with van der Waals surface area (Å²) in [6.07, 6.45) is 6.41. The topological polar surface area (TPSA) is 51.3 Å². The molecular weight excluding hydrogens is 370 g/mol. The number of aliphatic imine (C=N–C) groups is 1. The molecule has 1 aliphatic carbocycles. The highest BCUT2D eigenvalue weighted by Gasteiger charge is 2.39. The normalized spacial score (nSPS) is 21.7. The molecule has 1 aliphatic heterocycles. The summed E-state index contributed by atoms with van der Waals surface area (Å²) < 4.78 is 0. The van der Waals surface area contributed by atoms with Crippen LogP contribution in [0.15, 0.2) is 59.7 Å². The van der Waals surface area contributed by atoms with Gasteiger partial charge in [-0.1, -0.05) is 36.0 Å². The van der Waals surface area contributed by atoms with Gasteiger partial charge in [0.2, 0.25) is 0 Å². The Hall–Kier alpha value is -2.11. The quantitative estimate of drug-likeness (QED) is 0.631. The predicted molar refractivity (Wildman–Crippen MR) is 116 cm³/mol. The molecular formula is C22H21N3S2. The van der Waals surface area contributed by atoms with Crippen LogP contribution in [0.4, 0.5) is 0 Å². The van der Waals surface area contributed by atoms with Crippen LogP contribution in [-0.4, -0.2) is 15.9 Å². The van der Waals surface area contributed by atoms with Gasteiger partial charge in [0.1, 0.15) is 0 Å². The molecule has 5 rings (SSSR count). The van der Waals surface area contributed by atoms with Gasteiger partial charge < -0.3 is 5.73 Å². The minimum absolute atomic E-state index is 0.0870. The van der Waals surface area contributed by atoms with E-state index in [1.807, 2.05) is 29.7 Å². The summed E-state index contributed by atoms with van der Waals surface area (Å²) in [5.74, 6) is 1.06. The van der Waals surface area contributed by atoms with Gasteiger partial charge in [-0.3, -0.25) is 9.98 Å². The van der Waals surface area contributed by atoms with E-state index in [1.165, 1.54) is 27.3 Å². The molecule has 1 aromatic carbocycles. The predicted octanol–water partition coefficient (Wildman–Crippen LogP) is 5.46. The zero-order valence-electron chi connectivity index (χ0n) is 15.0. The fraction of sp³-hybridized carbons (Fsp3) is 0.273. The van der Waals surface area contributed by atoms with E-state index < -0.39 is 0 Å². The number of nitrogens with zero attached hydrogens (tertiary/aromatic N) is 2. The molecule has 1 spiro atoms. The summed E-state index contributed by atoms with van der Waals surface area (Å²) in [5, 5.41) is 0.749. The van der Waals surface area contributed by atoms with E-state index in [4.69, 9.17) is 10.7 Å². The number of rotatable bonds is 2. The van der Waals surface area contributed by atoms with Crippen molar-refractivity contribution in [2.45, 2.75) is 31.2 Å². The van der Waals surface area contributed by atoms with E-state index in [-0.39, 0.29) is 5.54 Å². The van der Waals surface area contributed by atoms with Gasteiger partial charge in [-0.15, -0.1) is 11.3 Å². The number of benzene rings is 1. The lowest BCUT2D eigenvalue weighted by atomic mass is 9.78. The number of aromatic nitrogens is 1. The van der Waals surface area contributed by atoms with Crippen LogP contribution in [0.3, 0.4) is 0 Å². The van der Waals surface area contributed by atoms with Crippen molar-refractivity contribution in [2.75, 3.05) is 5.75 Å². The van der Waals surface area contributed by atoms with Crippen molar-refractivity contribution < 1.29 is 0 Å². The Bertz CT molecular complexity index is 1010. The number of aryl methyl sites for hydroxylation is 1. The SMILES string of the molecule is NC1=NC2(CCCc3sc(-c4cccc(-c5ccccn5)c4)cc32)CCS1. The Morgan fingerprint density at radius 2 is 1.93 bits per heavy atom. The highest BCUT2D eigenvalue weighted by molar-refractivity contribution is 8.13. The summed E-state index contributed by atoms with van der Waals surface area (Å²) in [5.41, 5.74) is 10.9. The Labute approximate surface area is 167 Å². The fourth-order valence-corrected chi connectivity index (χ4v) is 6.37. The molecule has 1 unspecified atom stereocenters. The highest BCUT2D eigenvalue weighted by Crippen LogP contribution is 2.49. The summed E-state index contributed by atoms with van der Waals surface area (Å²) in [4.78, 5) is 12.2. The minimum Gasteiger partial charge on any atom is -0.379 e. The van der Waals surface area contributed by atoms with Crippen LogP contribution < -0.4 is 5.73 Å². The van der Waals surface area contributed by atoms with Crippen LogP contribution in [0.1, 0.15) is 29.7 Å². The van der Waals surface area contributed by atoms with Crippen molar-refractivity contribution in [2.24, 2.45) is 10.7 Å². The van der Waals surface area contributed by atoms with Gasteiger partial charge >= 0.3 is 0 Å². The van der Waals surface area contributed by atoms with Crippen LogP contribution in [-0.2, 0) is 12.0 Å². The molecule has 0 radical (unpaired) electrons. The van der Waals surface area contributed by atoms with Crippen molar-refractivity contribution in [1.29, 1.82) is 0 Å². The van der Waals surface area contributed by atoms with E-state index >= 15 is 0 Å². The van der Waals surface area contributed by atoms with E-state index in [1.54, 1.807) is 11.8 Å². The number of hydrogen-bond donors (Lipinski definition) is 1. The lowest BCUT2D eigenvalue weighted by Crippen LogP contribution is -2.34. The van der Waals surface area contributed by atoms with Crippen molar-refractivity contribution in [3.05, 3.63) is 65.2 Å². The molecule has 27 heavy (non-hydrogen) atoms. The smallest absolute Gasteiger partial charge is 0.154 e. The van der Waals surface area contributed by atoms with Gasteiger partial charge in [-0.05, 0) is 61.1 Å². The fourth-order valence-electron chi connectivity index (χ4n) is 4.19. The van der Waals surface area contributed by atoms with Gasteiger partial charge in [-0.2, -0.15) is 0 Å². The van der Waals surface area contributed by atoms with Crippen molar-refractivity contribution in [1.82, 2.24) is 4.98 Å². The Morgan fingerprint density at radius 1 is 1.00 bits per heavy atom. The van der Waals surface area contributed by atoms with Gasteiger partial charge in [0.05, 0.1) is 11.2 Å². The van der Waals surface area contributed by atoms with Crippen LogP contribution in [0.2, 0.25) is 0 Å². The second-order valence-corrected chi connectivity index (χ2v) is 9.43. The van der Waals surface area contributed by atoms with Crippen LogP contribution >= 0.6 is 23.1 Å². The average molecular weight is 392 g/mol. The maximum atomic E-state index is 6.11. The highest BCUT2D eigenvalue weighted by atomic mass is 32.2. The summed E-state index contributed by atoms with van der Waals surface area (Å²) >= 11 is 3.61. The van der Waals surface area contributed by atoms with Crippen LogP contribution in [0, 0.1) is 0 Å². The lowest BCUT2D eigenvalue weighted by Gasteiger charge is -2.36. The third kappa shape index (κ3) is 3.09. The number of thiophene rings is 1. The van der Waals surface area contributed by atoms with Gasteiger partial charge in [0.25, 0.3) is 0 Å². The first-order valence-electron chi connectivity index (χ1n) is 9.37. The van der Waals surface area contributed by atoms with Gasteiger partial charge in [-0.25, -0.2) is 0 Å². The summed E-state index contributed by atoms with van der Waals surface area (Å²) in [6.45, 7) is 0. The van der Waals surface area contributed by atoms with Gasteiger partial charge in [0.15, 0.2) is 5.17 Å². The standard InChI is InChI=1S/C22H21N3S2/c23-21-25-22(10-12-26-21)9-4-8-19-17(22)14-20(27-19)16-6-3-5-15(13-16)18-7-1-2-11-24-18/h1-3,5-7,11,13-14H,4,8-10,12H2,(H2,23,25). The number of nitrogens with two attached hydrogens (primary N) is 1. The van der Waals surface area contributed by atoms with Crippen molar-refractivity contribution in [3.63, 3.8) is 0 Å². The third-order valence-corrected chi connectivity index (χ3v) is 7.54. The third-order valence-electron chi connectivity index (χ3n) is 5.50. The molecule has 0 saturated heterocycles. The number of fused-ring (bicyclic) bond motifs is 2. The molecule has 1 atom stereocenters. The van der Waals surface area contributed by atoms with E-state index in [9.17, 15) is 0 Å². The van der Waals surface area contributed by atoms with Crippen molar-refractivity contribution >= 4 is 28.3 Å². The minimum atomic E-state index is -0.0870. The number of amidine groups is 1. The first-order valence-corrected chi connectivity index (χ1v) is 11.2. The molecule has 136 valence electrons. The van der Waals surface area contributed by atoms with Gasteiger partial charge in [0, 0.05) is 27.3 Å². The molecule has 0 saturated carbocycles. The summed E-state index contributed by atoms with van der Waals surface area (Å²) in [6, 6.07) is 17.1. The van der Waals surface area contributed by atoms with E-state index in [0.717, 1.165) is 41.4 Å². The Kier molecular flexibility index (Phi) is 4.29. The number of pyridine rings is 1. The molecule has 2 N–H and O–H groups in total. The first-order chi connectivity index (χ1) is 13.2. The molecule has 0 amide bonds. The van der Waals surface area contributed by atoms with Crippen LogP contribution in [0.5, 0.6) is 0 Å². The average Bonchev–Trinajstić information content (AvgIpc) is 3.15.